The van der Waals surface area contributed by atoms with Crippen LogP contribution in [-0.2, 0) is 9.53 Å². The molecule has 3 aliphatic rings. The van der Waals surface area contributed by atoms with Crippen molar-refractivity contribution in [3.63, 3.8) is 0 Å². The van der Waals surface area contributed by atoms with E-state index >= 15 is 0 Å². The zero-order valence-electron chi connectivity index (χ0n) is 11.6. The number of rotatable bonds is 1. The van der Waals surface area contributed by atoms with Gasteiger partial charge in [-0.15, -0.1) is 0 Å². The van der Waals surface area contributed by atoms with Crippen molar-refractivity contribution in [3.05, 3.63) is 0 Å². The maximum atomic E-state index is 11.5. The molecule has 0 aromatic heterocycles. The van der Waals surface area contributed by atoms with Crippen molar-refractivity contribution in [3.8, 4) is 0 Å². The van der Waals surface area contributed by atoms with Gasteiger partial charge < -0.3 is 9.84 Å². The molecule has 0 bridgehead atoms. The highest BCUT2D eigenvalue weighted by molar-refractivity contribution is 5.70. The van der Waals surface area contributed by atoms with Gasteiger partial charge in [0.15, 0.2) is 0 Å². The van der Waals surface area contributed by atoms with Crippen LogP contribution in [0.4, 0.5) is 0 Å². The summed E-state index contributed by atoms with van der Waals surface area (Å²) in [7, 11) is 0. The topological polar surface area (TPSA) is 49.8 Å². The number of carboxylic acid groups (broad SMARTS) is 1. The quantitative estimate of drug-likeness (QED) is 0.730. The molecule has 3 heteroatoms. The average molecular weight is 252 g/mol. The zero-order chi connectivity index (χ0) is 13.1. The normalized spacial score (nSPS) is 49.7. The Labute approximate surface area is 109 Å². The van der Waals surface area contributed by atoms with Gasteiger partial charge in [0, 0.05) is 0 Å². The summed E-state index contributed by atoms with van der Waals surface area (Å²) in [6.07, 6.45) is 5.36. The van der Waals surface area contributed by atoms with E-state index in [1.807, 2.05) is 0 Å². The summed E-state index contributed by atoms with van der Waals surface area (Å²) in [5.41, 5.74) is 0.382. The van der Waals surface area contributed by atoms with Gasteiger partial charge in [0.05, 0.1) is 17.6 Å². The molecule has 2 aliphatic carbocycles. The molecule has 2 saturated carbocycles. The number of ether oxygens (including phenoxy) is 1. The van der Waals surface area contributed by atoms with Crippen LogP contribution < -0.4 is 0 Å². The molecule has 1 saturated heterocycles. The fourth-order valence-corrected chi connectivity index (χ4v) is 4.52. The fraction of sp³-hybridized carbons (Fsp3) is 0.933. The lowest BCUT2D eigenvalue weighted by Crippen LogP contribution is -2.49. The van der Waals surface area contributed by atoms with Crippen LogP contribution in [0, 0.1) is 23.2 Å². The smallest absolute Gasteiger partial charge is 0.306 e. The number of fused-ring (bicyclic) bond motifs is 2. The first-order valence-corrected chi connectivity index (χ1v) is 7.24. The van der Waals surface area contributed by atoms with Crippen LogP contribution in [0.3, 0.4) is 0 Å². The van der Waals surface area contributed by atoms with E-state index in [2.05, 4.69) is 20.8 Å². The Balaban J connectivity index is 1.81. The molecule has 1 heterocycles. The molecular weight excluding hydrogens is 228 g/mol. The van der Waals surface area contributed by atoms with E-state index in [-0.39, 0.29) is 11.5 Å². The van der Waals surface area contributed by atoms with Crippen LogP contribution >= 0.6 is 0 Å². The Morgan fingerprint density at radius 3 is 2.56 bits per heavy atom. The second-order valence-corrected chi connectivity index (χ2v) is 7.44. The SMILES string of the molecule is CC1(C)C[C@@H]2[C@@H](C(=O)O)CC[C@@H]3O[C@]3(C)CC[C@H]21. The van der Waals surface area contributed by atoms with Gasteiger partial charge in [0.1, 0.15) is 0 Å². The number of epoxide rings is 1. The number of hydrogen-bond donors (Lipinski definition) is 1. The van der Waals surface area contributed by atoms with Gasteiger partial charge in [-0.3, -0.25) is 4.79 Å². The van der Waals surface area contributed by atoms with Crippen LogP contribution in [0.2, 0.25) is 0 Å². The summed E-state index contributed by atoms with van der Waals surface area (Å²) in [5, 5.41) is 9.46. The molecule has 3 nitrogen and oxygen atoms in total. The van der Waals surface area contributed by atoms with Gasteiger partial charge in [0.2, 0.25) is 0 Å². The first-order valence-electron chi connectivity index (χ1n) is 7.24. The van der Waals surface area contributed by atoms with Crippen LogP contribution in [0.15, 0.2) is 0 Å². The first-order chi connectivity index (χ1) is 8.33. The van der Waals surface area contributed by atoms with E-state index in [1.165, 1.54) is 0 Å². The monoisotopic (exact) mass is 252 g/mol. The van der Waals surface area contributed by atoms with Crippen LogP contribution in [0.1, 0.15) is 52.9 Å². The van der Waals surface area contributed by atoms with E-state index in [4.69, 9.17) is 4.74 Å². The van der Waals surface area contributed by atoms with Gasteiger partial charge in [-0.05, 0) is 56.3 Å². The number of aliphatic carboxylic acids is 1. The van der Waals surface area contributed by atoms with E-state index in [0.29, 0.717) is 23.4 Å². The standard InChI is InChI=1S/C15H24O3/c1-14(2)8-10-9(13(16)17)4-5-12-15(3,18-12)7-6-11(10)14/h9-12H,4-8H2,1-3H3,(H,16,17)/t9-,10+,11+,12-,15+/m0/s1. The van der Waals surface area contributed by atoms with Gasteiger partial charge in [-0.1, -0.05) is 13.8 Å². The van der Waals surface area contributed by atoms with Crippen molar-refractivity contribution in [2.75, 3.05) is 0 Å². The van der Waals surface area contributed by atoms with E-state index in [1.54, 1.807) is 0 Å². The molecule has 0 aromatic carbocycles. The minimum Gasteiger partial charge on any atom is -0.481 e. The van der Waals surface area contributed by atoms with E-state index in [9.17, 15) is 9.90 Å². The van der Waals surface area contributed by atoms with Crippen molar-refractivity contribution < 1.29 is 14.6 Å². The Hall–Kier alpha value is -0.570. The molecule has 1 N–H and O–H groups in total. The largest absolute Gasteiger partial charge is 0.481 e. The number of carbonyl (C=O) groups is 1. The van der Waals surface area contributed by atoms with Gasteiger partial charge in [-0.25, -0.2) is 0 Å². The Morgan fingerprint density at radius 1 is 1.22 bits per heavy atom. The molecule has 0 radical (unpaired) electrons. The van der Waals surface area contributed by atoms with Gasteiger partial charge in [-0.2, -0.15) is 0 Å². The molecule has 0 unspecified atom stereocenters. The summed E-state index contributed by atoms with van der Waals surface area (Å²) in [6, 6.07) is 0. The molecule has 102 valence electrons. The first kappa shape index (κ1) is 12.5. The fourth-order valence-electron chi connectivity index (χ4n) is 4.52. The molecule has 0 aromatic rings. The van der Waals surface area contributed by atoms with Gasteiger partial charge in [0.25, 0.3) is 0 Å². The van der Waals surface area contributed by atoms with Crippen LogP contribution in [0.5, 0.6) is 0 Å². The Kier molecular flexibility index (Phi) is 2.58. The predicted octanol–water partition coefficient (Wildman–Crippen LogP) is 3.08. The molecule has 0 amide bonds. The summed E-state index contributed by atoms with van der Waals surface area (Å²) in [6.45, 7) is 6.77. The molecule has 0 spiro atoms. The highest BCUT2D eigenvalue weighted by atomic mass is 16.6. The third kappa shape index (κ3) is 1.78. The highest BCUT2D eigenvalue weighted by Gasteiger charge is 2.58. The summed E-state index contributed by atoms with van der Waals surface area (Å²) >= 11 is 0. The summed E-state index contributed by atoms with van der Waals surface area (Å²) in [4.78, 5) is 11.5. The van der Waals surface area contributed by atoms with Crippen molar-refractivity contribution in [2.24, 2.45) is 23.2 Å². The molecule has 18 heavy (non-hydrogen) atoms. The Morgan fingerprint density at radius 2 is 1.94 bits per heavy atom. The maximum Gasteiger partial charge on any atom is 0.306 e. The lowest BCUT2D eigenvalue weighted by atomic mass is 9.50. The minimum absolute atomic E-state index is 0.0591. The molecule has 3 fully saturated rings. The van der Waals surface area contributed by atoms with E-state index in [0.717, 1.165) is 32.1 Å². The van der Waals surface area contributed by atoms with Crippen LogP contribution in [-0.4, -0.2) is 22.8 Å². The predicted molar refractivity (Wildman–Crippen MR) is 68.2 cm³/mol. The average Bonchev–Trinajstić information content (AvgIpc) is 2.86. The van der Waals surface area contributed by atoms with E-state index < -0.39 is 5.97 Å². The lowest BCUT2D eigenvalue weighted by molar-refractivity contribution is -0.152. The maximum absolute atomic E-state index is 11.5. The molecular formula is C15H24O3. The third-order valence-electron chi connectivity index (χ3n) is 5.84. The van der Waals surface area contributed by atoms with Gasteiger partial charge >= 0.3 is 5.97 Å². The minimum atomic E-state index is -0.593. The molecule has 1 aliphatic heterocycles. The molecule has 5 atom stereocenters. The Bertz CT molecular complexity index is 376. The summed E-state index contributed by atoms with van der Waals surface area (Å²) < 4.78 is 5.79. The molecule has 3 rings (SSSR count). The second-order valence-electron chi connectivity index (χ2n) is 7.44. The third-order valence-corrected chi connectivity index (χ3v) is 5.84. The van der Waals surface area contributed by atoms with Crippen molar-refractivity contribution >= 4 is 5.97 Å². The zero-order valence-corrected chi connectivity index (χ0v) is 11.6. The number of hydrogen-bond acceptors (Lipinski definition) is 2. The van der Waals surface area contributed by atoms with Crippen molar-refractivity contribution in [1.29, 1.82) is 0 Å². The van der Waals surface area contributed by atoms with Crippen LogP contribution in [0.25, 0.3) is 0 Å². The number of carboxylic acids is 1. The highest BCUT2D eigenvalue weighted by Crippen LogP contribution is 2.59. The lowest BCUT2D eigenvalue weighted by Gasteiger charge is -2.54. The van der Waals surface area contributed by atoms with Crippen molar-refractivity contribution in [2.45, 2.75) is 64.6 Å². The summed E-state index contributed by atoms with van der Waals surface area (Å²) in [5.74, 6) is 0.233. The van der Waals surface area contributed by atoms with Crippen molar-refractivity contribution in [1.82, 2.24) is 0 Å². The second kappa shape index (κ2) is 3.72.